The van der Waals surface area contributed by atoms with Crippen LogP contribution in [0.5, 0.6) is 0 Å². The van der Waals surface area contributed by atoms with Crippen LogP contribution in [0.3, 0.4) is 0 Å². The van der Waals surface area contributed by atoms with Gasteiger partial charge in [-0.3, -0.25) is 9.59 Å². The van der Waals surface area contributed by atoms with E-state index in [1.54, 1.807) is 19.1 Å². The smallest absolute Gasteiger partial charge is 0.325 e. The molecule has 1 saturated heterocycles. The van der Waals surface area contributed by atoms with Crippen molar-refractivity contribution >= 4 is 17.8 Å². The van der Waals surface area contributed by atoms with E-state index in [0.717, 1.165) is 5.56 Å². The Hall–Kier alpha value is -3.22. The van der Waals surface area contributed by atoms with Crippen molar-refractivity contribution in [3.05, 3.63) is 59.9 Å². The van der Waals surface area contributed by atoms with Gasteiger partial charge in [0, 0.05) is 30.1 Å². The molecule has 2 aromatic carbocycles. The van der Waals surface area contributed by atoms with Crippen LogP contribution in [-0.2, 0) is 9.53 Å². The number of carbonyl (C=O) groups is 3. The minimum absolute atomic E-state index is 0.184. The summed E-state index contributed by atoms with van der Waals surface area (Å²) in [6, 6.07) is 13.3. The molecule has 0 saturated carbocycles. The Morgan fingerprint density at radius 1 is 1.17 bits per heavy atom. The minimum atomic E-state index is -0.510. The molecule has 1 fully saturated rings. The number of likely N-dealkylation sites (tertiary alicyclic amines) is 1. The summed E-state index contributed by atoms with van der Waals surface area (Å²) in [5, 5.41) is 2.51. The number of ketones is 1. The van der Waals surface area contributed by atoms with E-state index in [4.69, 9.17) is 4.74 Å². The monoisotopic (exact) mass is 412 g/mol. The van der Waals surface area contributed by atoms with Crippen LogP contribution >= 0.6 is 0 Å². The number of hydrogen-bond donors (Lipinski definition) is 1. The van der Waals surface area contributed by atoms with Crippen LogP contribution in [0.4, 0.5) is 9.18 Å². The van der Waals surface area contributed by atoms with Gasteiger partial charge in [-0.05, 0) is 31.4 Å². The maximum absolute atomic E-state index is 14.6. The first-order valence-corrected chi connectivity index (χ1v) is 10.1. The van der Waals surface area contributed by atoms with Gasteiger partial charge in [-0.25, -0.2) is 9.18 Å². The SMILES string of the molecule is CCOC(=O)CNC(=O)N1CCC[C@H](C(=O)c2ccc(-c3ccccc3)c(F)c2)C1. The predicted molar refractivity (Wildman–Crippen MR) is 110 cm³/mol. The fourth-order valence-corrected chi connectivity index (χ4v) is 3.60. The fourth-order valence-electron chi connectivity index (χ4n) is 3.60. The van der Waals surface area contributed by atoms with Crippen molar-refractivity contribution in [3.8, 4) is 11.1 Å². The van der Waals surface area contributed by atoms with Gasteiger partial charge in [-0.1, -0.05) is 42.5 Å². The largest absolute Gasteiger partial charge is 0.465 e. The summed E-state index contributed by atoms with van der Waals surface area (Å²) in [7, 11) is 0. The molecule has 0 aliphatic carbocycles. The Balaban J connectivity index is 1.64. The second kappa shape index (κ2) is 10.0. The molecule has 158 valence electrons. The molecule has 0 radical (unpaired) electrons. The van der Waals surface area contributed by atoms with E-state index < -0.39 is 23.7 Å². The number of amides is 2. The zero-order valence-corrected chi connectivity index (χ0v) is 16.9. The Kier molecular flexibility index (Phi) is 7.17. The quantitative estimate of drug-likeness (QED) is 0.580. The number of benzene rings is 2. The molecule has 30 heavy (non-hydrogen) atoms. The lowest BCUT2D eigenvalue weighted by Gasteiger charge is -2.32. The van der Waals surface area contributed by atoms with Crippen molar-refractivity contribution in [1.82, 2.24) is 10.2 Å². The summed E-state index contributed by atoms with van der Waals surface area (Å²) in [6.07, 6.45) is 1.29. The average molecular weight is 412 g/mol. The van der Waals surface area contributed by atoms with Crippen molar-refractivity contribution in [2.45, 2.75) is 19.8 Å². The molecule has 3 rings (SSSR count). The van der Waals surface area contributed by atoms with E-state index in [1.165, 1.54) is 11.0 Å². The highest BCUT2D eigenvalue weighted by Crippen LogP contribution is 2.26. The number of hydrogen-bond acceptors (Lipinski definition) is 4. The minimum Gasteiger partial charge on any atom is -0.465 e. The first-order chi connectivity index (χ1) is 14.5. The maximum Gasteiger partial charge on any atom is 0.325 e. The molecule has 1 heterocycles. The third-order valence-electron chi connectivity index (χ3n) is 5.11. The van der Waals surface area contributed by atoms with Gasteiger partial charge in [0.15, 0.2) is 5.78 Å². The maximum atomic E-state index is 14.6. The number of nitrogens with one attached hydrogen (secondary N) is 1. The first kappa shape index (κ1) is 21.5. The van der Waals surface area contributed by atoms with Gasteiger partial charge < -0.3 is 15.0 Å². The molecule has 6 nitrogen and oxygen atoms in total. The van der Waals surface area contributed by atoms with Crippen molar-refractivity contribution in [1.29, 1.82) is 0 Å². The summed E-state index contributed by atoms with van der Waals surface area (Å²) in [5.41, 5.74) is 1.48. The van der Waals surface area contributed by atoms with Crippen molar-refractivity contribution in [3.63, 3.8) is 0 Å². The molecule has 2 amide bonds. The van der Waals surface area contributed by atoms with E-state index in [0.29, 0.717) is 30.5 Å². The van der Waals surface area contributed by atoms with Gasteiger partial charge >= 0.3 is 12.0 Å². The number of halogens is 1. The lowest BCUT2D eigenvalue weighted by Crippen LogP contribution is -2.48. The number of rotatable bonds is 6. The number of esters is 1. The topological polar surface area (TPSA) is 75.7 Å². The van der Waals surface area contributed by atoms with E-state index in [-0.39, 0.29) is 25.5 Å². The number of nitrogens with zero attached hydrogens (tertiary/aromatic N) is 1. The van der Waals surface area contributed by atoms with Gasteiger partial charge in [-0.2, -0.15) is 0 Å². The van der Waals surface area contributed by atoms with Crippen LogP contribution in [0.15, 0.2) is 48.5 Å². The molecule has 1 N–H and O–H groups in total. The van der Waals surface area contributed by atoms with E-state index in [2.05, 4.69) is 5.32 Å². The molecule has 1 aliphatic heterocycles. The van der Waals surface area contributed by atoms with Crippen molar-refractivity contribution in [2.75, 3.05) is 26.2 Å². The van der Waals surface area contributed by atoms with Gasteiger partial charge in [-0.15, -0.1) is 0 Å². The summed E-state index contributed by atoms with van der Waals surface area (Å²) >= 11 is 0. The Bertz CT molecular complexity index is 917. The lowest BCUT2D eigenvalue weighted by atomic mass is 9.89. The zero-order valence-electron chi connectivity index (χ0n) is 16.9. The highest BCUT2D eigenvalue weighted by atomic mass is 19.1. The molecule has 2 aromatic rings. The third-order valence-corrected chi connectivity index (χ3v) is 5.11. The van der Waals surface area contributed by atoms with Crippen LogP contribution in [0.1, 0.15) is 30.1 Å². The molecule has 1 aliphatic rings. The van der Waals surface area contributed by atoms with Crippen LogP contribution in [-0.4, -0.2) is 48.9 Å². The molecule has 0 spiro atoms. The molecule has 0 aromatic heterocycles. The van der Waals surface area contributed by atoms with Gasteiger partial charge in [0.25, 0.3) is 0 Å². The average Bonchev–Trinajstić information content (AvgIpc) is 2.77. The highest BCUT2D eigenvalue weighted by Gasteiger charge is 2.29. The second-order valence-corrected chi connectivity index (χ2v) is 7.17. The van der Waals surface area contributed by atoms with E-state index in [1.807, 2.05) is 30.3 Å². The van der Waals surface area contributed by atoms with Crippen LogP contribution in [0.25, 0.3) is 11.1 Å². The predicted octanol–water partition coefficient (Wildman–Crippen LogP) is 3.66. The van der Waals surface area contributed by atoms with Crippen LogP contribution < -0.4 is 5.32 Å². The normalized spacial score (nSPS) is 16.1. The number of urea groups is 1. The highest BCUT2D eigenvalue weighted by molar-refractivity contribution is 5.98. The van der Waals surface area contributed by atoms with Crippen LogP contribution in [0, 0.1) is 11.7 Å². The molecule has 1 atom stereocenters. The first-order valence-electron chi connectivity index (χ1n) is 10.1. The van der Waals surface area contributed by atoms with Gasteiger partial charge in [0.1, 0.15) is 12.4 Å². The zero-order chi connectivity index (χ0) is 21.5. The molecule has 0 bridgehead atoms. The summed E-state index contributed by atoms with van der Waals surface area (Å²) in [4.78, 5) is 38.1. The molecular formula is C23H25FN2O4. The summed E-state index contributed by atoms with van der Waals surface area (Å²) < 4.78 is 19.4. The Morgan fingerprint density at radius 3 is 2.63 bits per heavy atom. The van der Waals surface area contributed by atoms with Crippen molar-refractivity contribution < 1.29 is 23.5 Å². The van der Waals surface area contributed by atoms with E-state index >= 15 is 0 Å². The standard InChI is InChI=1S/C23H25FN2O4/c1-2-30-21(27)14-25-23(29)26-12-6-9-18(15-26)22(28)17-10-11-19(20(24)13-17)16-7-4-3-5-8-16/h3-5,7-8,10-11,13,18H,2,6,9,12,14-15H2,1H3,(H,25,29)/t18-/m0/s1. The number of piperidine rings is 1. The van der Waals surface area contributed by atoms with Crippen LogP contribution in [0.2, 0.25) is 0 Å². The fraction of sp³-hybridized carbons (Fsp3) is 0.348. The second-order valence-electron chi connectivity index (χ2n) is 7.17. The number of ether oxygens (including phenoxy) is 1. The third kappa shape index (κ3) is 5.23. The Morgan fingerprint density at radius 2 is 1.93 bits per heavy atom. The molecular weight excluding hydrogens is 387 g/mol. The van der Waals surface area contributed by atoms with Gasteiger partial charge in [0.05, 0.1) is 6.61 Å². The summed E-state index contributed by atoms with van der Waals surface area (Å²) in [6.45, 7) is 2.45. The van der Waals surface area contributed by atoms with Gasteiger partial charge in [0.2, 0.25) is 0 Å². The number of Topliss-reactive ketones (excluding diaryl/α,β-unsaturated/α-hetero) is 1. The molecule has 0 unspecified atom stereocenters. The Labute approximate surface area is 175 Å². The van der Waals surface area contributed by atoms with Crippen molar-refractivity contribution in [2.24, 2.45) is 5.92 Å². The number of carbonyl (C=O) groups excluding carboxylic acids is 3. The summed E-state index contributed by atoms with van der Waals surface area (Å²) in [5.74, 6) is -1.55. The van der Waals surface area contributed by atoms with E-state index in [9.17, 15) is 18.8 Å². The lowest BCUT2D eigenvalue weighted by molar-refractivity contribution is -0.141. The molecule has 7 heteroatoms.